The summed E-state index contributed by atoms with van der Waals surface area (Å²) < 4.78 is 39.9. The summed E-state index contributed by atoms with van der Waals surface area (Å²) in [5, 5.41) is 2.91. The summed E-state index contributed by atoms with van der Waals surface area (Å²) in [7, 11) is 0. The van der Waals surface area contributed by atoms with Crippen molar-refractivity contribution in [3.05, 3.63) is 12.2 Å². The fraction of sp³-hybridized carbons (Fsp3) is 0.750. The van der Waals surface area contributed by atoms with E-state index in [1.807, 2.05) is 13.0 Å². The second kappa shape index (κ2) is 5.24. The van der Waals surface area contributed by atoms with E-state index in [2.05, 4.69) is 5.32 Å². The molecule has 0 aromatic heterocycles. The minimum absolute atomic E-state index is 0.0748. The van der Waals surface area contributed by atoms with Crippen LogP contribution in [0, 0.1) is 29.1 Å². The fourth-order valence-corrected chi connectivity index (χ4v) is 5.10. The van der Waals surface area contributed by atoms with Gasteiger partial charge < -0.3 is 11.1 Å². The van der Waals surface area contributed by atoms with Crippen LogP contribution in [0.15, 0.2) is 12.2 Å². The highest BCUT2D eigenvalue weighted by Crippen LogP contribution is 2.57. The third-order valence-corrected chi connectivity index (χ3v) is 6.20. The van der Waals surface area contributed by atoms with Gasteiger partial charge in [0.1, 0.15) is 0 Å². The Morgan fingerprint density at radius 3 is 2.61 bits per heavy atom. The van der Waals surface area contributed by atoms with Gasteiger partial charge in [0.25, 0.3) is 0 Å². The van der Waals surface area contributed by atoms with Crippen LogP contribution in [0.4, 0.5) is 13.2 Å². The van der Waals surface area contributed by atoms with Crippen LogP contribution < -0.4 is 11.1 Å². The van der Waals surface area contributed by atoms with E-state index in [1.165, 1.54) is 6.08 Å². The predicted octanol–water partition coefficient (Wildman–Crippen LogP) is 2.15. The lowest BCUT2D eigenvalue weighted by molar-refractivity contribution is -0.214. The molecule has 0 spiro atoms. The Labute approximate surface area is 132 Å². The molecule has 0 saturated heterocycles. The molecule has 0 aromatic carbocycles. The first kappa shape index (κ1) is 16.3. The summed E-state index contributed by atoms with van der Waals surface area (Å²) in [6, 6.07) is -0.0859. The summed E-state index contributed by atoms with van der Waals surface area (Å²) in [5.74, 6) is -4.29. The van der Waals surface area contributed by atoms with Gasteiger partial charge in [0.2, 0.25) is 11.8 Å². The minimum atomic E-state index is -4.40. The molecule has 3 rings (SSSR count). The second-order valence-electron chi connectivity index (χ2n) is 7.26. The molecule has 2 saturated carbocycles. The van der Waals surface area contributed by atoms with Crippen molar-refractivity contribution in [3.63, 3.8) is 0 Å². The van der Waals surface area contributed by atoms with E-state index in [0.29, 0.717) is 19.3 Å². The Bertz CT molecular complexity index is 560. The third-order valence-electron chi connectivity index (χ3n) is 6.20. The average molecular weight is 330 g/mol. The van der Waals surface area contributed by atoms with Gasteiger partial charge in [-0.15, -0.1) is 0 Å². The van der Waals surface area contributed by atoms with Crippen molar-refractivity contribution in [2.75, 3.05) is 0 Å². The van der Waals surface area contributed by atoms with Gasteiger partial charge in [0, 0.05) is 11.5 Å². The van der Waals surface area contributed by atoms with Crippen LogP contribution in [0.5, 0.6) is 0 Å². The van der Waals surface area contributed by atoms with E-state index in [1.54, 1.807) is 0 Å². The molecule has 0 aromatic rings. The molecule has 6 atom stereocenters. The minimum Gasteiger partial charge on any atom is -0.369 e. The van der Waals surface area contributed by atoms with Crippen molar-refractivity contribution in [1.29, 1.82) is 0 Å². The third kappa shape index (κ3) is 2.54. The first-order valence-electron chi connectivity index (χ1n) is 8.00. The molecule has 1 heterocycles. The summed E-state index contributed by atoms with van der Waals surface area (Å²) in [5.41, 5.74) is 4.95. The topological polar surface area (TPSA) is 72.2 Å². The van der Waals surface area contributed by atoms with Gasteiger partial charge in [-0.05, 0) is 43.6 Å². The summed E-state index contributed by atoms with van der Waals surface area (Å²) in [6.45, 7) is 1.97. The zero-order chi connectivity index (χ0) is 17.0. The molecule has 3 N–H and O–H groups in total. The fourth-order valence-electron chi connectivity index (χ4n) is 5.10. The Morgan fingerprint density at radius 2 is 2.00 bits per heavy atom. The van der Waals surface area contributed by atoms with Gasteiger partial charge in [-0.25, -0.2) is 0 Å². The number of hydrogen-bond acceptors (Lipinski definition) is 2. The number of hydrogen-bond donors (Lipinski definition) is 2. The molecule has 0 radical (unpaired) electrons. The molecule has 5 unspecified atom stereocenters. The van der Waals surface area contributed by atoms with Crippen LogP contribution in [-0.4, -0.2) is 24.0 Å². The van der Waals surface area contributed by atoms with E-state index in [4.69, 9.17) is 5.73 Å². The number of nitrogens with one attached hydrogen (secondary N) is 1. The highest BCUT2D eigenvalue weighted by Gasteiger charge is 2.59. The van der Waals surface area contributed by atoms with Crippen LogP contribution in [0.2, 0.25) is 0 Å². The Balaban J connectivity index is 1.96. The van der Waals surface area contributed by atoms with Crippen molar-refractivity contribution in [2.45, 2.75) is 44.8 Å². The van der Waals surface area contributed by atoms with E-state index in [0.717, 1.165) is 0 Å². The van der Waals surface area contributed by atoms with Crippen molar-refractivity contribution >= 4 is 11.8 Å². The van der Waals surface area contributed by atoms with Gasteiger partial charge in [0.15, 0.2) is 0 Å². The van der Waals surface area contributed by atoms with Crippen molar-refractivity contribution < 1.29 is 22.8 Å². The lowest BCUT2D eigenvalue weighted by Gasteiger charge is -2.56. The Morgan fingerprint density at radius 1 is 1.30 bits per heavy atom. The lowest BCUT2D eigenvalue weighted by atomic mass is 9.51. The molecule has 128 valence electrons. The van der Waals surface area contributed by atoms with Crippen LogP contribution in [-0.2, 0) is 9.59 Å². The average Bonchev–Trinajstić information content (AvgIpc) is 2.45. The smallest absolute Gasteiger partial charge is 0.369 e. The normalized spacial score (nSPS) is 43.3. The van der Waals surface area contributed by atoms with Gasteiger partial charge in [0.05, 0.1) is 11.8 Å². The van der Waals surface area contributed by atoms with Crippen LogP contribution in [0.3, 0.4) is 0 Å². The molecule has 2 aliphatic carbocycles. The van der Waals surface area contributed by atoms with E-state index in [-0.39, 0.29) is 30.2 Å². The highest BCUT2D eigenvalue weighted by molar-refractivity contribution is 5.89. The molecule has 4 nitrogen and oxygen atoms in total. The summed E-state index contributed by atoms with van der Waals surface area (Å²) in [6.07, 6.45) is 0.238. The number of fused-ring (bicyclic) bond motifs is 3. The first-order chi connectivity index (χ1) is 10.6. The monoisotopic (exact) mass is 330 g/mol. The Kier molecular flexibility index (Phi) is 3.72. The number of carbonyl (C=O) groups excluding carboxylic acids is 2. The van der Waals surface area contributed by atoms with Gasteiger partial charge in [-0.3, -0.25) is 9.59 Å². The van der Waals surface area contributed by atoms with Gasteiger partial charge >= 0.3 is 6.18 Å². The predicted molar refractivity (Wildman–Crippen MR) is 76.9 cm³/mol. The number of rotatable bonds is 1. The number of primary amides is 1. The number of amides is 2. The number of halogens is 3. The van der Waals surface area contributed by atoms with Gasteiger partial charge in [-0.1, -0.05) is 13.0 Å². The van der Waals surface area contributed by atoms with Crippen LogP contribution in [0.1, 0.15) is 32.6 Å². The maximum atomic E-state index is 13.3. The number of nitrogens with two attached hydrogens (primary N) is 1. The molecule has 7 heteroatoms. The highest BCUT2D eigenvalue weighted by atomic mass is 19.4. The van der Waals surface area contributed by atoms with Crippen molar-refractivity contribution in [3.8, 4) is 0 Å². The van der Waals surface area contributed by atoms with Crippen LogP contribution in [0.25, 0.3) is 0 Å². The van der Waals surface area contributed by atoms with Crippen molar-refractivity contribution in [2.24, 2.45) is 34.8 Å². The zero-order valence-corrected chi connectivity index (χ0v) is 12.9. The second-order valence-corrected chi connectivity index (χ2v) is 7.26. The summed E-state index contributed by atoms with van der Waals surface area (Å²) >= 11 is 0. The lowest BCUT2D eigenvalue weighted by Crippen LogP contribution is -2.60. The summed E-state index contributed by atoms with van der Waals surface area (Å²) in [4.78, 5) is 23.4. The van der Waals surface area contributed by atoms with E-state index >= 15 is 0 Å². The Hall–Kier alpha value is -1.53. The molecule has 23 heavy (non-hydrogen) atoms. The largest absolute Gasteiger partial charge is 0.392 e. The van der Waals surface area contributed by atoms with Crippen LogP contribution >= 0.6 is 0 Å². The van der Waals surface area contributed by atoms with E-state index in [9.17, 15) is 22.8 Å². The van der Waals surface area contributed by atoms with Gasteiger partial charge in [-0.2, -0.15) is 13.2 Å². The first-order valence-corrected chi connectivity index (χ1v) is 8.00. The SMILES string of the molecule is C[C@]12C=CC(=O)NC1CCC1C(C(N)=O)C(C(F)(F)F)CCC12. The molecule has 2 amide bonds. The zero-order valence-electron chi connectivity index (χ0n) is 12.9. The molecular formula is C16H21F3N2O2. The van der Waals surface area contributed by atoms with Crippen molar-refractivity contribution in [1.82, 2.24) is 5.32 Å². The molecular weight excluding hydrogens is 309 g/mol. The molecule has 0 bridgehead atoms. The molecule has 1 aliphatic heterocycles. The maximum Gasteiger partial charge on any atom is 0.392 e. The number of alkyl halides is 3. The molecule has 3 aliphatic rings. The van der Waals surface area contributed by atoms with E-state index < -0.39 is 29.3 Å². The number of carbonyl (C=O) groups is 2. The maximum absolute atomic E-state index is 13.3. The molecule has 2 fully saturated rings. The standard InChI is InChI=1S/C16H21F3N2O2/c1-15-7-6-12(22)21-11(15)5-2-8-9(15)3-4-10(16(17,18)19)13(8)14(20)23/h6-11,13H,2-5H2,1H3,(H2,20,23)(H,21,22)/t8?,9?,10?,11?,13?,15-/m1/s1. The quantitative estimate of drug-likeness (QED) is 0.773.